The fraction of sp³-hybridized carbons (Fsp3) is 0.562. The maximum atomic E-state index is 13.4. The summed E-state index contributed by atoms with van der Waals surface area (Å²) in [4.78, 5) is 14.3. The molecule has 1 atom stereocenters. The number of methoxy groups -OCH3 is 1. The second-order valence-electron chi connectivity index (χ2n) is 5.60. The number of esters is 1. The number of anilines is 1. The summed E-state index contributed by atoms with van der Waals surface area (Å²) in [7, 11) is 3.28. The van der Waals surface area contributed by atoms with Crippen molar-refractivity contribution >= 4 is 11.7 Å². The van der Waals surface area contributed by atoms with Gasteiger partial charge in [0.1, 0.15) is 11.4 Å². The van der Waals surface area contributed by atoms with Crippen LogP contribution >= 0.6 is 0 Å². The van der Waals surface area contributed by atoms with Crippen molar-refractivity contribution < 1.29 is 13.9 Å². The van der Waals surface area contributed by atoms with Gasteiger partial charge >= 0.3 is 5.97 Å². The number of hydrogen-bond donors (Lipinski definition) is 1. The Hall–Kier alpha value is -1.62. The smallest absolute Gasteiger partial charge is 0.328 e. The van der Waals surface area contributed by atoms with Crippen molar-refractivity contribution in [3.05, 3.63) is 30.1 Å². The highest BCUT2D eigenvalue weighted by Gasteiger charge is 2.52. The average molecular weight is 294 g/mol. The van der Waals surface area contributed by atoms with Crippen LogP contribution in [0.3, 0.4) is 0 Å². The fourth-order valence-electron chi connectivity index (χ4n) is 2.89. The van der Waals surface area contributed by atoms with Crippen molar-refractivity contribution in [1.29, 1.82) is 0 Å². The van der Waals surface area contributed by atoms with Crippen molar-refractivity contribution in [2.24, 2.45) is 5.92 Å². The molecule has 1 fully saturated rings. The molecule has 2 rings (SSSR count). The summed E-state index contributed by atoms with van der Waals surface area (Å²) >= 11 is 0. The number of halogens is 1. The molecule has 0 aromatic heterocycles. The van der Waals surface area contributed by atoms with E-state index in [1.807, 2.05) is 24.9 Å². The van der Waals surface area contributed by atoms with E-state index in [4.69, 9.17) is 4.74 Å². The topological polar surface area (TPSA) is 41.6 Å². The van der Waals surface area contributed by atoms with E-state index in [9.17, 15) is 9.18 Å². The van der Waals surface area contributed by atoms with E-state index >= 15 is 0 Å². The summed E-state index contributed by atoms with van der Waals surface area (Å²) in [5.74, 6) is -0.242. The molecule has 1 aliphatic rings. The molecule has 1 unspecified atom stereocenters. The maximum absolute atomic E-state index is 13.4. The van der Waals surface area contributed by atoms with Gasteiger partial charge in [0, 0.05) is 19.3 Å². The molecule has 0 bridgehead atoms. The molecule has 1 aromatic rings. The molecule has 1 aromatic carbocycles. The molecule has 0 saturated heterocycles. The highest BCUT2D eigenvalue weighted by Crippen LogP contribution is 2.41. The van der Waals surface area contributed by atoms with Crippen LogP contribution in [0.5, 0.6) is 0 Å². The normalized spacial score (nSPS) is 17.1. The Balaban J connectivity index is 2.23. The number of nitrogens with zero attached hydrogens (tertiary/aromatic N) is 1. The molecule has 116 valence electrons. The molecule has 0 aliphatic heterocycles. The van der Waals surface area contributed by atoms with E-state index < -0.39 is 5.54 Å². The third-order valence-electron chi connectivity index (χ3n) is 4.05. The molecular weight excluding hydrogens is 271 g/mol. The van der Waals surface area contributed by atoms with Gasteiger partial charge in [0.2, 0.25) is 0 Å². The van der Waals surface area contributed by atoms with Crippen LogP contribution in [0.1, 0.15) is 19.8 Å². The highest BCUT2D eigenvalue weighted by molar-refractivity contribution is 5.83. The Morgan fingerprint density at radius 3 is 2.76 bits per heavy atom. The van der Waals surface area contributed by atoms with E-state index in [-0.39, 0.29) is 17.7 Å². The van der Waals surface area contributed by atoms with Gasteiger partial charge in [0.15, 0.2) is 0 Å². The van der Waals surface area contributed by atoms with Crippen molar-refractivity contribution in [2.75, 3.05) is 32.1 Å². The lowest BCUT2D eigenvalue weighted by Crippen LogP contribution is -2.60. The number of rotatable bonds is 7. The van der Waals surface area contributed by atoms with E-state index in [0.29, 0.717) is 13.1 Å². The lowest BCUT2D eigenvalue weighted by molar-refractivity contribution is -0.149. The third-order valence-corrected chi connectivity index (χ3v) is 4.05. The van der Waals surface area contributed by atoms with Gasteiger partial charge in [-0.05, 0) is 43.5 Å². The van der Waals surface area contributed by atoms with Crippen LogP contribution in [-0.2, 0) is 9.53 Å². The van der Waals surface area contributed by atoms with Gasteiger partial charge in [-0.15, -0.1) is 0 Å². The monoisotopic (exact) mass is 294 g/mol. The summed E-state index contributed by atoms with van der Waals surface area (Å²) in [6.45, 7) is 3.12. The second-order valence-corrected chi connectivity index (χ2v) is 5.60. The van der Waals surface area contributed by atoms with Gasteiger partial charge in [-0.25, -0.2) is 9.18 Å². The van der Waals surface area contributed by atoms with Gasteiger partial charge in [-0.1, -0.05) is 13.0 Å². The number of nitrogens with one attached hydrogen (secondary N) is 1. The lowest BCUT2D eigenvalue weighted by Gasteiger charge is -2.36. The summed E-state index contributed by atoms with van der Waals surface area (Å²) < 4.78 is 18.4. The number of benzene rings is 1. The van der Waals surface area contributed by atoms with Gasteiger partial charge < -0.3 is 15.0 Å². The van der Waals surface area contributed by atoms with Crippen molar-refractivity contribution in [3.8, 4) is 0 Å². The van der Waals surface area contributed by atoms with Crippen LogP contribution < -0.4 is 10.2 Å². The zero-order valence-electron chi connectivity index (χ0n) is 12.9. The second kappa shape index (κ2) is 6.43. The first-order chi connectivity index (χ1) is 10.0. The number of carbonyl (C=O) groups is 1. The van der Waals surface area contributed by atoms with Crippen LogP contribution in [0, 0.1) is 11.7 Å². The molecule has 1 N–H and O–H groups in total. The van der Waals surface area contributed by atoms with Crippen molar-refractivity contribution in [2.45, 2.75) is 25.3 Å². The zero-order valence-corrected chi connectivity index (χ0v) is 12.9. The average Bonchev–Trinajstić information content (AvgIpc) is 3.30. The van der Waals surface area contributed by atoms with Crippen LogP contribution in [-0.4, -0.2) is 38.8 Å². The first-order valence-electron chi connectivity index (χ1n) is 7.33. The van der Waals surface area contributed by atoms with Crippen molar-refractivity contribution in [1.82, 2.24) is 5.32 Å². The Morgan fingerprint density at radius 1 is 1.52 bits per heavy atom. The molecule has 0 spiro atoms. The number of ether oxygens (including phenoxy) is 1. The van der Waals surface area contributed by atoms with E-state index in [1.165, 1.54) is 19.2 Å². The lowest BCUT2D eigenvalue weighted by atomic mass is 9.92. The molecule has 4 nitrogen and oxygen atoms in total. The molecule has 1 saturated carbocycles. The van der Waals surface area contributed by atoms with Crippen molar-refractivity contribution in [3.63, 3.8) is 0 Å². The van der Waals surface area contributed by atoms with Gasteiger partial charge in [0.05, 0.1) is 7.11 Å². The summed E-state index contributed by atoms with van der Waals surface area (Å²) in [6, 6.07) is 6.40. The number of carbonyl (C=O) groups excluding carboxylic acids is 1. The predicted octanol–water partition coefficient (Wildman–Crippen LogP) is 2.19. The van der Waals surface area contributed by atoms with E-state index in [1.54, 1.807) is 6.07 Å². The fourth-order valence-corrected chi connectivity index (χ4v) is 2.89. The maximum Gasteiger partial charge on any atom is 0.328 e. The molecule has 0 heterocycles. The summed E-state index contributed by atoms with van der Waals surface area (Å²) in [6.07, 6.45) is 2.03. The minimum atomic E-state index is -0.718. The Bertz CT molecular complexity index is 505. The SMILES string of the molecule is CCNC(CN(C)c1cccc(F)c1)(C(=O)OC)C1CC1. The van der Waals surface area contributed by atoms with Gasteiger partial charge in [0.25, 0.3) is 0 Å². The highest BCUT2D eigenvalue weighted by atomic mass is 19.1. The third kappa shape index (κ3) is 3.35. The minimum absolute atomic E-state index is 0.241. The van der Waals surface area contributed by atoms with Crippen LogP contribution in [0.15, 0.2) is 24.3 Å². The van der Waals surface area contributed by atoms with Gasteiger partial charge in [-0.2, -0.15) is 0 Å². The van der Waals surface area contributed by atoms with E-state index in [0.717, 1.165) is 18.5 Å². The van der Waals surface area contributed by atoms with E-state index in [2.05, 4.69) is 5.32 Å². The quantitative estimate of drug-likeness (QED) is 0.783. The molecule has 21 heavy (non-hydrogen) atoms. The molecule has 0 radical (unpaired) electrons. The summed E-state index contributed by atoms with van der Waals surface area (Å²) in [5.41, 5.74) is 0.0340. The molecular formula is C16H23FN2O2. The largest absolute Gasteiger partial charge is 0.468 e. The van der Waals surface area contributed by atoms with Crippen LogP contribution in [0.25, 0.3) is 0 Å². The molecule has 0 amide bonds. The Morgan fingerprint density at radius 2 is 2.24 bits per heavy atom. The van der Waals surface area contributed by atoms with Crippen LogP contribution in [0.2, 0.25) is 0 Å². The Kier molecular flexibility index (Phi) is 4.83. The minimum Gasteiger partial charge on any atom is -0.468 e. The standard InChI is InChI=1S/C16H23FN2O2/c1-4-18-16(12-8-9-12,15(20)21-3)11-19(2)14-7-5-6-13(17)10-14/h5-7,10,12,18H,4,8-9,11H2,1-3H3. The Labute approximate surface area is 125 Å². The molecule has 5 heteroatoms. The first kappa shape index (κ1) is 15.8. The molecule has 1 aliphatic carbocycles. The predicted molar refractivity (Wildman–Crippen MR) is 80.8 cm³/mol. The van der Waals surface area contributed by atoms with Gasteiger partial charge in [-0.3, -0.25) is 0 Å². The van der Waals surface area contributed by atoms with Crippen LogP contribution in [0.4, 0.5) is 10.1 Å². The number of likely N-dealkylation sites (N-methyl/N-ethyl adjacent to an activating group) is 2. The first-order valence-corrected chi connectivity index (χ1v) is 7.33. The zero-order chi connectivity index (χ0) is 15.5. The number of hydrogen-bond acceptors (Lipinski definition) is 4. The summed E-state index contributed by atoms with van der Waals surface area (Å²) in [5, 5.41) is 3.31.